The van der Waals surface area contributed by atoms with E-state index in [1.807, 2.05) is 12.1 Å². The van der Waals surface area contributed by atoms with Crippen molar-refractivity contribution >= 4 is 18.1 Å². The molecule has 2 N–H and O–H groups in total. The number of hydrogen-bond donors (Lipinski definition) is 2. The summed E-state index contributed by atoms with van der Waals surface area (Å²) in [4.78, 5) is 15.0. The summed E-state index contributed by atoms with van der Waals surface area (Å²) in [6, 6.07) is 20.3. The third-order valence-corrected chi connectivity index (χ3v) is 9.08. The van der Waals surface area contributed by atoms with Crippen molar-refractivity contribution in [2.75, 3.05) is 32.8 Å². The van der Waals surface area contributed by atoms with E-state index in [0.717, 1.165) is 70.8 Å². The lowest BCUT2D eigenvalue weighted by Crippen LogP contribution is -2.22. The summed E-state index contributed by atoms with van der Waals surface area (Å²) in [6.07, 6.45) is 6.91. The summed E-state index contributed by atoms with van der Waals surface area (Å²) in [5, 5.41) is 20.2. The Kier molecular flexibility index (Phi) is 15.6. The lowest BCUT2D eigenvalue weighted by atomic mass is 9.93. The zero-order valence-electron chi connectivity index (χ0n) is 30.1. The van der Waals surface area contributed by atoms with Crippen molar-refractivity contribution in [3.63, 3.8) is 0 Å². The van der Waals surface area contributed by atoms with Crippen molar-refractivity contribution in [1.29, 1.82) is 5.26 Å². The van der Waals surface area contributed by atoms with Crippen LogP contribution in [0.1, 0.15) is 66.5 Å². The van der Waals surface area contributed by atoms with Crippen LogP contribution in [-0.2, 0) is 24.6 Å². The average molecular weight is 713 g/mol. The number of likely N-dealkylation sites (tertiary alicyclic amines) is 1. The minimum absolute atomic E-state index is 0.250. The van der Waals surface area contributed by atoms with Crippen LogP contribution >= 0.6 is 11.6 Å². The van der Waals surface area contributed by atoms with Crippen LogP contribution in [0.5, 0.6) is 17.2 Å². The van der Waals surface area contributed by atoms with Crippen molar-refractivity contribution in [2.45, 2.75) is 66.7 Å². The molecule has 270 valence electrons. The molecule has 0 radical (unpaired) electrons. The van der Waals surface area contributed by atoms with E-state index in [1.165, 1.54) is 25.9 Å². The van der Waals surface area contributed by atoms with E-state index in [9.17, 15) is 5.26 Å². The standard InChI is InChI=1S/C40H47ClN4O3.CH2O2/c1-28(2)22-43-25-34-19-37(41)40(20-39(34)47-26-32-18-31(21-42)23-44-24-32)48-27-33-10-7-11-35(29(33)3)36-12-8-13-38(30(36)4)46-17-9-16-45-14-5-6-15-45;2-1-3/h7-8,10-13,18-20,23-24,28,43H,5-6,9,14-17,22,25-27H2,1-4H3;1H,(H,2,3). The Morgan fingerprint density at radius 2 is 1.65 bits per heavy atom. The van der Waals surface area contributed by atoms with Gasteiger partial charge in [0.25, 0.3) is 6.47 Å². The van der Waals surface area contributed by atoms with Crippen molar-refractivity contribution in [3.8, 4) is 34.4 Å². The highest BCUT2D eigenvalue weighted by molar-refractivity contribution is 6.32. The van der Waals surface area contributed by atoms with Gasteiger partial charge in [0.05, 0.1) is 17.2 Å². The zero-order valence-corrected chi connectivity index (χ0v) is 30.8. The summed E-state index contributed by atoms with van der Waals surface area (Å²) in [5.74, 6) is 2.67. The predicted molar refractivity (Wildman–Crippen MR) is 201 cm³/mol. The van der Waals surface area contributed by atoms with Gasteiger partial charge in [0.1, 0.15) is 36.5 Å². The van der Waals surface area contributed by atoms with Gasteiger partial charge in [-0.15, -0.1) is 0 Å². The summed E-state index contributed by atoms with van der Waals surface area (Å²) >= 11 is 6.79. The molecular weight excluding hydrogens is 664 g/mol. The topological polar surface area (TPSA) is 117 Å². The monoisotopic (exact) mass is 712 g/mol. The van der Waals surface area contributed by atoms with Gasteiger partial charge in [0.15, 0.2) is 0 Å². The second-order valence-electron chi connectivity index (χ2n) is 13.1. The van der Waals surface area contributed by atoms with Crippen LogP contribution in [0.25, 0.3) is 11.1 Å². The fourth-order valence-electron chi connectivity index (χ4n) is 6.07. The second kappa shape index (κ2) is 20.3. The molecule has 0 saturated carbocycles. The lowest BCUT2D eigenvalue weighted by Gasteiger charge is -2.19. The third kappa shape index (κ3) is 11.7. The Bertz CT molecular complexity index is 1770. The van der Waals surface area contributed by atoms with E-state index in [0.29, 0.717) is 41.2 Å². The maximum Gasteiger partial charge on any atom is 0.290 e. The van der Waals surface area contributed by atoms with Gasteiger partial charge < -0.3 is 29.5 Å². The Hall–Kier alpha value is -4.62. The molecule has 5 rings (SSSR count). The number of nitrogens with one attached hydrogen (secondary N) is 1. The molecule has 4 aromatic rings. The zero-order chi connectivity index (χ0) is 36.6. The van der Waals surface area contributed by atoms with Crippen LogP contribution in [-0.4, -0.2) is 54.2 Å². The summed E-state index contributed by atoms with van der Waals surface area (Å²) in [7, 11) is 0. The van der Waals surface area contributed by atoms with E-state index in [1.54, 1.807) is 18.5 Å². The van der Waals surface area contributed by atoms with Crippen LogP contribution in [0.15, 0.2) is 67.0 Å². The molecule has 51 heavy (non-hydrogen) atoms. The molecule has 0 bridgehead atoms. The van der Waals surface area contributed by atoms with Crippen LogP contribution in [0.3, 0.4) is 0 Å². The van der Waals surface area contributed by atoms with Gasteiger partial charge in [0.2, 0.25) is 0 Å². The van der Waals surface area contributed by atoms with Crippen molar-refractivity contribution in [3.05, 3.63) is 105 Å². The molecule has 1 aliphatic rings. The minimum atomic E-state index is -0.250. The fourth-order valence-corrected chi connectivity index (χ4v) is 6.31. The van der Waals surface area contributed by atoms with Gasteiger partial charge in [-0.3, -0.25) is 9.78 Å². The first kappa shape index (κ1) is 39.2. The number of benzene rings is 3. The normalized spacial score (nSPS) is 12.6. The van der Waals surface area contributed by atoms with E-state index in [2.05, 4.69) is 85.4 Å². The smallest absolute Gasteiger partial charge is 0.290 e. The Morgan fingerprint density at radius 1 is 0.941 bits per heavy atom. The molecule has 1 fully saturated rings. The molecule has 1 saturated heterocycles. The van der Waals surface area contributed by atoms with Gasteiger partial charge in [-0.25, -0.2) is 0 Å². The Labute approximate surface area is 307 Å². The molecule has 0 amide bonds. The predicted octanol–water partition coefficient (Wildman–Crippen LogP) is 8.36. The lowest BCUT2D eigenvalue weighted by molar-refractivity contribution is -0.122. The average Bonchev–Trinajstić information content (AvgIpc) is 3.64. The second-order valence-corrected chi connectivity index (χ2v) is 13.5. The number of ether oxygens (including phenoxy) is 3. The largest absolute Gasteiger partial charge is 0.493 e. The molecule has 2 heterocycles. The van der Waals surface area contributed by atoms with Crippen LogP contribution in [0, 0.1) is 31.1 Å². The highest BCUT2D eigenvalue weighted by atomic mass is 35.5. The maximum absolute atomic E-state index is 9.27. The van der Waals surface area contributed by atoms with Crippen molar-refractivity contribution in [2.24, 2.45) is 5.92 Å². The number of nitrogens with zero attached hydrogens (tertiary/aromatic N) is 3. The van der Waals surface area contributed by atoms with Crippen LogP contribution in [0.4, 0.5) is 0 Å². The first-order valence-electron chi connectivity index (χ1n) is 17.5. The quantitative estimate of drug-likeness (QED) is 0.0873. The first-order chi connectivity index (χ1) is 24.7. The molecular formula is C41H49ClN4O5. The van der Waals surface area contributed by atoms with E-state index >= 15 is 0 Å². The highest BCUT2D eigenvalue weighted by Crippen LogP contribution is 2.36. The summed E-state index contributed by atoms with van der Waals surface area (Å²) in [5.41, 5.74) is 7.93. The van der Waals surface area contributed by atoms with Gasteiger partial charge in [-0.1, -0.05) is 55.8 Å². The Morgan fingerprint density at radius 3 is 2.37 bits per heavy atom. The van der Waals surface area contributed by atoms with Gasteiger partial charge in [-0.05, 0) is 105 Å². The van der Waals surface area contributed by atoms with Gasteiger partial charge in [-0.2, -0.15) is 5.26 Å². The summed E-state index contributed by atoms with van der Waals surface area (Å²) < 4.78 is 18.9. The molecule has 0 unspecified atom stereocenters. The van der Waals surface area contributed by atoms with E-state index in [4.69, 9.17) is 35.7 Å². The van der Waals surface area contributed by atoms with E-state index in [-0.39, 0.29) is 13.1 Å². The molecule has 10 heteroatoms. The van der Waals surface area contributed by atoms with Crippen molar-refractivity contribution in [1.82, 2.24) is 15.2 Å². The number of halogens is 1. The molecule has 1 aliphatic heterocycles. The fraction of sp³-hybridized carbons (Fsp3) is 0.390. The van der Waals surface area contributed by atoms with Gasteiger partial charge in [0, 0.05) is 42.7 Å². The minimum Gasteiger partial charge on any atom is -0.493 e. The third-order valence-electron chi connectivity index (χ3n) is 8.78. The van der Waals surface area contributed by atoms with Crippen molar-refractivity contribution < 1.29 is 24.1 Å². The number of nitriles is 1. The first-order valence-corrected chi connectivity index (χ1v) is 17.9. The summed E-state index contributed by atoms with van der Waals surface area (Å²) in [6.45, 7) is 14.7. The van der Waals surface area contributed by atoms with E-state index < -0.39 is 0 Å². The van der Waals surface area contributed by atoms with Gasteiger partial charge >= 0.3 is 0 Å². The molecule has 1 aromatic heterocycles. The number of hydrogen-bond acceptors (Lipinski definition) is 8. The maximum atomic E-state index is 9.27. The molecule has 0 aliphatic carbocycles. The molecule has 0 spiro atoms. The van der Waals surface area contributed by atoms with Crippen LogP contribution in [0.2, 0.25) is 5.02 Å². The molecule has 0 atom stereocenters. The highest BCUT2D eigenvalue weighted by Gasteiger charge is 2.16. The Balaban J connectivity index is 0.00000188. The number of carbonyl (C=O) groups is 1. The molecule has 3 aromatic carbocycles. The van der Waals surface area contributed by atoms with Crippen LogP contribution < -0.4 is 19.5 Å². The number of carboxylic acid groups (broad SMARTS) is 1. The number of pyridine rings is 1. The molecule has 9 nitrogen and oxygen atoms in total. The number of aromatic nitrogens is 1. The SMILES string of the molecule is Cc1c(COc2cc(OCc3cncc(C#N)c3)c(CNCC(C)C)cc2Cl)cccc1-c1cccc(OCCCN2CCCC2)c1C.O=CO. The number of rotatable bonds is 16.